The Labute approximate surface area is 150 Å². The van der Waals surface area contributed by atoms with Crippen LogP contribution in [0.1, 0.15) is 62.5 Å². The lowest BCUT2D eigenvalue weighted by molar-refractivity contribution is 0.0528. The summed E-state index contributed by atoms with van der Waals surface area (Å²) in [6.45, 7) is 2.22. The van der Waals surface area contributed by atoms with Crippen molar-refractivity contribution in [2.45, 2.75) is 64.2 Å². The number of rotatable bonds is 6. The lowest BCUT2D eigenvalue weighted by atomic mass is 9.78. The Morgan fingerprint density at radius 2 is 1.40 bits per heavy atom. The molecule has 0 aromatic heterocycles. The van der Waals surface area contributed by atoms with Crippen LogP contribution in [-0.2, 0) is 6.42 Å². The summed E-state index contributed by atoms with van der Waals surface area (Å²) in [6, 6.07) is 17.6. The number of aryl methyl sites for hydroxylation is 1. The highest BCUT2D eigenvalue weighted by Gasteiger charge is 2.27. The molecule has 0 spiro atoms. The van der Waals surface area contributed by atoms with Gasteiger partial charge in [-0.15, -0.1) is 0 Å². The van der Waals surface area contributed by atoms with Crippen molar-refractivity contribution in [3.63, 3.8) is 0 Å². The van der Waals surface area contributed by atoms with Gasteiger partial charge in [-0.2, -0.15) is 0 Å². The summed E-state index contributed by atoms with van der Waals surface area (Å²) < 4.78 is 25.6. The van der Waals surface area contributed by atoms with E-state index in [-0.39, 0.29) is 5.92 Å². The Hall–Kier alpha value is -1.70. The zero-order valence-corrected chi connectivity index (χ0v) is 15.1. The molecule has 0 aliphatic heterocycles. The fourth-order valence-electron chi connectivity index (χ4n) is 3.90. The Balaban J connectivity index is 1.62. The van der Waals surface area contributed by atoms with E-state index in [0.717, 1.165) is 19.3 Å². The van der Waals surface area contributed by atoms with Crippen molar-refractivity contribution >= 4 is 0 Å². The van der Waals surface area contributed by atoms with Crippen LogP contribution < -0.4 is 0 Å². The standard InChI is InChI=1S/C23H28F2/c1-2-3-4-17-5-7-18(8-6-17)19-9-11-20(12-10-19)21-13-15-22(16-14-21)23(24)25/h5-12,21-23H,2-4,13-16H2,1H3. The third-order valence-corrected chi connectivity index (χ3v) is 5.62. The fraction of sp³-hybridized carbons (Fsp3) is 0.478. The predicted octanol–water partition coefficient (Wildman–Crippen LogP) is 7.24. The third-order valence-electron chi connectivity index (χ3n) is 5.62. The van der Waals surface area contributed by atoms with Gasteiger partial charge in [-0.1, -0.05) is 61.9 Å². The summed E-state index contributed by atoms with van der Waals surface area (Å²) in [7, 11) is 0. The Bertz CT molecular complexity index is 635. The summed E-state index contributed by atoms with van der Waals surface area (Å²) >= 11 is 0. The van der Waals surface area contributed by atoms with E-state index in [4.69, 9.17) is 0 Å². The second-order valence-electron chi connectivity index (χ2n) is 7.37. The largest absolute Gasteiger partial charge is 0.241 e. The van der Waals surface area contributed by atoms with Crippen LogP contribution in [0.4, 0.5) is 8.78 Å². The lowest BCUT2D eigenvalue weighted by Crippen LogP contribution is -2.19. The topological polar surface area (TPSA) is 0 Å². The van der Waals surface area contributed by atoms with Crippen LogP contribution in [0.3, 0.4) is 0 Å². The highest BCUT2D eigenvalue weighted by molar-refractivity contribution is 5.64. The van der Waals surface area contributed by atoms with Gasteiger partial charge in [-0.25, -0.2) is 8.78 Å². The second-order valence-corrected chi connectivity index (χ2v) is 7.37. The lowest BCUT2D eigenvalue weighted by Gasteiger charge is -2.28. The first-order valence-corrected chi connectivity index (χ1v) is 9.64. The Morgan fingerprint density at radius 1 is 0.840 bits per heavy atom. The molecule has 1 aliphatic rings. The van der Waals surface area contributed by atoms with Crippen molar-refractivity contribution in [3.05, 3.63) is 59.7 Å². The van der Waals surface area contributed by atoms with Gasteiger partial charge >= 0.3 is 0 Å². The molecule has 0 saturated heterocycles. The number of benzene rings is 2. The van der Waals surface area contributed by atoms with Gasteiger partial charge in [0.2, 0.25) is 6.43 Å². The number of unbranched alkanes of at least 4 members (excludes halogenated alkanes) is 1. The molecule has 1 saturated carbocycles. The van der Waals surface area contributed by atoms with Gasteiger partial charge in [0.25, 0.3) is 0 Å². The van der Waals surface area contributed by atoms with Crippen LogP contribution in [0.25, 0.3) is 11.1 Å². The second kappa shape index (κ2) is 8.60. The average Bonchev–Trinajstić information content (AvgIpc) is 2.67. The molecule has 0 N–H and O–H groups in total. The fourth-order valence-corrected chi connectivity index (χ4v) is 3.90. The first kappa shape index (κ1) is 18.1. The molecule has 1 aliphatic carbocycles. The van der Waals surface area contributed by atoms with Gasteiger partial charge in [0.05, 0.1) is 0 Å². The summed E-state index contributed by atoms with van der Waals surface area (Å²) in [6.07, 6.45) is 4.55. The molecule has 2 aromatic carbocycles. The van der Waals surface area contributed by atoms with E-state index in [1.165, 1.54) is 35.1 Å². The van der Waals surface area contributed by atoms with E-state index in [1.54, 1.807) is 0 Å². The van der Waals surface area contributed by atoms with E-state index in [1.807, 2.05) is 0 Å². The monoisotopic (exact) mass is 342 g/mol. The van der Waals surface area contributed by atoms with Crippen LogP contribution in [0.5, 0.6) is 0 Å². The van der Waals surface area contributed by atoms with Gasteiger partial charge in [0.1, 0.15) is 0 Å². The normalized spacial score (nSPS) is 20.8. The first-order chi connectivity index (χ1) is 12.2. The Kier molecular flexibility index (Phi) is 6.23. The van der Waals surface area contributed by atoms with E-state index in [0.29, 0.717) is 18.8 Å². The molecule has 0 nitrogen and oxygen atoms in total. The van der Waals surface area contributed by atoms with Crippen LogP contribution in [0, 0.1) is 5.92 Å². The van der Waals surface area contributed by atoms with E-state index in [2.05, 4.69) is 55.5 Å². The third kappa shape index (κ3) is 4.68. The highest BCUT2D eigenvalue weighted by atomic mass is 19.3. The smallest absolute Gasteiger partial charge is 0.210 e. The van der Waals surface area contributed by atoms with Crippen LogP contribution >= 0.6 is 0 Å². The molecule has 0 unspecified atom stereocenters. The minimum absolute atomic E-state index is 0.387. The number of halogens is 2. The van der Waals surface area contributed by atoms with Gasteiger partial charge in [-0.3, -0.25) is 0 Å². The molecule has 25 heavy (non-hydrogen) atoms. The molecule has 0 heterocycles. The maximum Gasteiger partial charge on any atom is 0.241 e. The van der Waals surface area contributed by atoms with E-state index in [9.17, 15) is 8.78 Å². The molecule has 0 atom stereocenters. The van der Waals surface area contributed by atoms with Crippen molar-refractivity contribution in [3.8, 4) is 11.1 Å². The molecule has 3 rings (SSSR count). The Morgan fingerprint density at radius 3 is 1.92 bits per heavy atom. The van der Waals surface area contributed by atoms with Gasteiger partial charge in [0.15, 0.2) is 0 Å². The first-order valence-electron chi connectivity index (χ1n) is 9.64. The average molecular weight is 342 g/mol. The maximum atomic E-state index is 12.8. The molecule has 0 amide bonds. The van der Waals surface area contributed by atoms with E-state index >= 15 is 0 Å². The maximum absolute atomic E-state index is 12.8. The zero-order valence-electron chi connectivity index (χ0n) is 15.1. The van der Waals surface area contributed by atoms with Crippen molar-refractivity contribution in [2.24, 2.45) is 5.92 Å². The molecule has 0 radical (unpaired) electrons. The van der Waals surface area contributed by atoms with Crippen molar-refractivity contribution in [2.75, 3.05) is 0 Å². The summed E-state index contributed by atoms with van der Waals surface area (Å²) in [5.74, 6) is 0.0576. The molecular formula is C23H28F2. The van der Waals surface area contributed by atoms with Crippen LogP contribution in [0.15, 0.2) is 48.5 Å². The molecule has 134 valence electrons. The van der Waals surface area contributed by atoms with Crippen LogP contribution in [0.2, 0.25) is 0 Å². The number of hydrogen-bond acceptors (Lipinski definition) is 0. The van der Waals surface area contributed by atoms with Gasteiger partial charge in [0, 0.05) is 5.92 Å². The molecular weight excluding hydrogens is 314 g/mol. The molecule has 0 bridgehead atoms. The van der Waals surface area contributed by atoms with Gasteiger partial charge < -0.3 is 0 Å². The number of hydrogen-bond donors (Lipinski definition) is 0. The summed E-state index contributed by atoms with van der Waals surface area (Å²) in [4.78, 5) is 0. The minimum Gasteiger partial charge on any atom is -0.210 e. The number of alkyl halides is 2. The minimum atomic E-state index is -2.15. The molecule has 1 fully saturated rings. The quantitative estimate of drug-likeness (QED) is 0.519. The van der Waals surface area contributed by atoms with Gasteiger partial charge in [-0.05, 0) is 66.7 Å². The molecule has 2 heteroatoms. The predicted molar refractivity (Wildman–Crippen MR) is 101 cm³/mol. The van der Waals surface area contributed by atoms with Crippen LogP contribution in [-0.4, -0.2) is 6.43 Å². The van der Waals surface area contributed by atoms with Crippen molar-refractivity contribution in [1.82, 2.24) is 0 Å². The van der Waals surface area contributed by atoms with Crippen molar-refractivity contribution in [1.29, 1.82) is 0 Å². The highest BCUT2D eigenvalue weighted by Crippen LogP contribution is 2.38. The van der Waals surface area contributed by atoms with E-state index < -0.39 is 6.43 Å². The summed E-state index contributed by atoms with van der Waals surface area (Å²) in [5.41, 5.74) is 5.18. The van der Waals surface area contributed by atoms with Crippen molar-refractivity contribution < 1.29 is 8.78 Å². The summed E-state index contributed by atoms with van der Waals surface area (Å²) in [5, 5.41) is 0. The molecule has 2 aromatic rings. The SMILES string of the molecule is CCCCc1ccc(-c2ccc(C3CCC(C(F)F)CC3)cc2)cc1. The zero-order chi connectivity index (χ0) is 17.6.